The van der Waals surface area contributed by atoms with Crippen LogP contribution in [0.15, 0.2) is 66.7 Å². The fourth-order valence-corrected chi connectivity index (χ4v) is 4.08. The van der Waals surface area contributed by atoms with Crippen molar-refractivity contribution in [2.45, 2.75) is 26.3 Å². The van der Waals surface area contributed by atoms with Crippen LogP contribution < -0.4 is 15.0 Å². The maximum absolute atomic E-state index is 13.4. The second-order valence-electron chi connectivity index (χ2n) is 8.38. The number of hydrogen-bond donors (Lipinski definition) is 1. The highest BCUT2D eigenvalue weighted by atomic mass is 35.5. The molecule has 0 aliphatic carbocycles. The summed E-state index contributed by atoms with van der Waals surface area (Å²) in [7, 11) is 0. The van der Waals surface area contributed by atoms with Crippen LogP contribution in [0.3, 0.4) is 0 Å². The number of amides is 3. The number of alkyl halides is 3. The quantitative estimate of drug-likeness (QED) is 0.399. The summed E-state index contributed by atoms with van der Waals surface area (Å²) in [6, 6.07) is 17.1. The van der Waals surface area contributed by atoms with Crippen molar-refractivity contribution in [2.24, 2.45) is 0 Å². The van der Waals surface area contributed by atoms with E-state index in [1.54, 1.807) is 46.2 Å². The van der Waals surface area contributed by atoms with E-state index in [2.05, 4.69) is 10.1 Å². The molecule has 4 rings (SSSR count). The Balaban J connectivity index is 1.51. The molecule has 0 radical (unpaired) electrons. The average molecular weight is 518 g/mol. The number of halogens is 4. The van der Waals surface area contributed by atoms with Crippen LogP contribution in [-0.4, -0.2) is 36.3 Å². The molecule has 0 spiro atoms. The van der Waals surface area contributed by atoms with E-state index in [1.165, 1.54) is 24.3 Å². The van der Waals surface area contributed by atoms with Gasteiger partial charge in [-0.1, -0.05) is 29.8 Å². The summed E-state index contributed by atoms with van der Waals surface area (Å²) in [4.78, 5) is 29.4. The summed E-state index contributed by atoms with van der Waals surface area (Å²) in [5.74, 6) is -0.653. The molecule has 1 fully saturated rings. The minimum absolute atomic E-state index is 0.222. The SMILES string of the molecule is Cc1ccc(N2CCCN(Cc3ccc(OC(F)(F)F)cc3)C2=O)c(NC(=O)c2ccc(Cl)cc2)c1. The van der Waals surface area contributed by atoms with E-state index >= 15 is 0 Å². The molecular formula is C26H23ClF3N3O3. The van der Waals surface area contributed by atoms with Crippen LogP contribution in [0.25, 0.3) is 0 Å². The second kappa shape index (κ2) is 10.5. The molecule has 1 N–H and O–H groups in total. The molecule has 0 atom stereocenters. The molecule has 1 aliphatic rings. The van der Waals surface area contributed by atoms with Gasteiger partial charge in [-0.25, -0.2) is 4.79 Å². The summed E-state index contributed by atoms with van der Waals surface area (Å²) in [6.45, 7) is 3.06. The van der Waals surface area contributed by atoms with Crippen molar-refractivity contribution in [1.82, 2.24) is 4.90 Å². The van der Waals surface area contributed by atoms with Gasteiger partial charge in [-0.2, -0.15) is 0 Å². The van der Waals surface area contributed by atoms with E-state index in [1.807, 2.05) is 13.0 Å². The molecule has 0 bridgehead atoms. The molecule has 1 saturated heterocycles. The van der Waals surface area contributed by atoms with Crippen LogP contribution in [0, 0.1) is 6.92 Å². The number of anilines is 2. The first-order valence-corrected chi connectivity index (χ1v) is 11.6. The van der Waals surface area contributed by atoms with E-state index in [-0.39, 0.29) is 24.2 Å². The number of carbonyl (C=O) groups excluding carboxylic acids is 2. The smallest absolute Gasteiger partial charge is 0.406 e. The van der Waals surface area contributed by atoms with Gasteiger partial charge in [0.1, 0.15) is 5.75 Å². The average Bonchev–Trinajstić information content (AvgIpc) is 2.82. The van der Waals surface area contributed by atoms with Gasteiger partial charge in [0, 0.05) is 30.2 Å². The number of nitrogens with zero attached hydrogens (tertiary/aromatic N) is 2. The van der Waals surface area contributed by atoms with E-state index in [9.17, 15) is 22.8 Å². The number of urea groups is 1. The van der Waals surface area contributed by atoms with Crippen molar-refractivity contribution in [2.75, 3.05) is 23.3 Å². The van der Waals surface area contributed by atoms with Gasteiger partial charge < -0.3 is 15.0 Å². The maximum Gasteiger partial charge on any atom is 0.573 e. The largest absolute Gasteiger partial charge is 0.573 e. The third-order valence-corrected chi connectivity index (χ3v) is 5.89. The molecule has 10 heteroatoms. The van der Waals surface area contributed by atoms with Crippen LogP contribution in [0.5, 0.6) is 5.75 Å². The van der Waals surface area contributed by atoms with Crippen molar-refractivity contribution in [3.05, 3.63) is 88.4 Å². The number of ether oxygens (including phenoxy) is 1. The van der Waals surface area contributed by atoms with Crippen LogP contribution in [0.2, 0.25) is 5.02 Å². The Labute approximate surface area is 211 Å². The molecule has 36 heavy (non-hydrogen) atoms. The molecular weight excluding hydrogens is 495 g/mol. The molecule has 6 nitrogen and oxygen atoms in total. The predicted molar refractivity (Wildman–Crippen MR) is 131 cm³/mol. The first kappa shape index (κ1) is 25.4. The molecule has 3 amide bonds. The van der Waals surface area contributed by atoms with Crippen molar-refractivity contribution in [1.29, 1.82) is 0 Å². The minimum Gasteiger partial charge on any atom is -0.406 e. The predicted octanol–water partition coefficient (Wildman–Crippen LogP) is 6.63. The second-order valence-corrected chi connectivity index (χ2v) is 8.82. The number of nitrogens with one attached hydrogen (secondary N) is 1. The number of aryl methyl sites for hydroxylation is 1. The highest BCUT2D eigenvalue weighted by Crippen LogP contribution is 2.31. The molecule has 188 valence electrons. The Morgan fingerprint density at radius 3 is 2.39 bits per heavy atom. The van der Waals surface area contributed by atoms with E-state index in [4.69, 9.17) is 11.6 Å². The van der Waals surface area contributed by atoms with Gasteiger partial charge >= 0.3 is 12.4 Å². The Morgan fingerprint density at radius 1 is 1.03 bits per heavy atom. The highest BCUT2D eigenvalue weighted by Gasteiger charge is 2.31. The molecule has 0 saturated carbocycles. The van der Waals surface area contributed by atoms with Crippen molar-refractivity contribution in [3.8, 4) is 5.75 Å². The van der Waals surface area contributed by atoms with Gasteiger partial charge in [0.2, 0.25) is 0 Å². The van der Waals surface area contributed by atoms with Gasteiger partial charge in [-0.15, -0.1) is 13.2 Å². The van der Waals surface area contributed by atoms with Crippen molar-refractivity contribution in [3.63, 3.8) is 0 Å². The first-order chi connectivity index (χ1) is 17.1. The van der Waals surface area contributed by atoms with Gasteiger partial charge in [0.15, 0.2) is 0 Å². The normalized spacial score (nSPS) is 14.1. The summed E-state index contributed by atoms with van der Waals surface area (Å²) < 4.78 is 41.1. The van der Waals surface area contributed by atoms with Crippen molar-refractivity contribution >= 4 is 34.9 Å². The first-order valence-electron chi connectivity index (χ1n) is 11.2. The molecule has 3 aromatic carbocycles. The zero-order valence-electron chi connectivity index (χ0n) is 19.3. The summed E-state index contributed by atoms with van der Waals surface area (Å²) in [5.41, 5.74) is 3.06. The van der Waals surface area contributed by atoms with E-state index < -0.39 is 6.36 Å². The third kappa shape index (κ3) is 6.28. The molecule has 1 aliphatic heterocycles. The molecule has 0 unspecified atom stereocenters. The van der Waals surface area contributed by atoms with E-state index in [0.29, 0.717) is 47.0 Å². The number of carbonyl (C=O) groups is 2. The van der Waals surface area contributed by atoms with Crippen LogP contribution >= 0.6 is 11.6 Å². The lowest BCUT2D eigenvalue weighted by atomic mass is 10.1. The molecule has 1 heterocycles. The van der Waals surface area contributed by atoms with Crippen LogP contribution in [-0.2, 0) is 6.54 Å². The zero-order chi connectivity index (χ0) is 25.9. The lowest BCUT2D eigenvalue weighted by Gasteiger charge is -2.36. The Hall–Kier alpha value is -3.72. The van der Waals surface area contributed by atoms with Crippen LogP contribution in [0.1, 0.15) is 27.9 Å². The topological polar surface area (TPSA) is 61.9 Å². The van der Waals surface area contributed by atoms with Crippen LogP contribution in [0.4, 0.5) is 29.3 Å². The standard InChI is InChI=1S/C26H23ClF3N3O3/c1-17-3-12-23(22(15-17)31-24(34)19-6-8-20(27)9-7-19)33-14-2-13-32(25(33)35)16-18-4-10-21(11-5-18)36-26(28,29)30/h3-12,15H,2,13-14,16H2,1H3,(H,31,34). The van der Waals surface area contributed by atoms with Gasteiger partial charge in [-0.3, -0.25) is 9.69 Å². The van der Waals surface area contributed by atoms with E-state index in [0.717, 1.165) is 5.56 Å². The number of benzene rings is 3. The summed E-state index contributed by atoms with van der Waals surface area (Å²) in [5, 5.41) is 3.41. The molecule has 0 aromatic heterocycles. The Kier molecular flexibility index (Phi) is 7.40. The number of hydrogen-bond acceptors (Lipinski definition) is 3. The third-order valence-electron chi connectivity index (χ3n) is 5.64. The fraction of sp³-hybridized carbons (Fsp3) is 0.231. The van der Waals surface area contributed by atoms with Crippen molar-refractivity contribution < 1.29 is 27.5 Å². The summed E-state index contributed by atoms with van der Waals surface area (Å²) >= 11 is 5.91. The van der Waals surface area contributed by atoms with Gasteiger partial charge in [0.05, 0.1) is 11.4 Å². The molecule has 3 aromatic rings. The van der Waals surface area contributed by atoms with Gasteiger partial charge in [0.25, 0.3) is 5.91 Å². The number of rotatable bonds is 6. The Bertz CT molecular complexity index is 1250. The maximum atomic E-state index is 13.4. The minimum atomic E-state index is -4.76. The highest BCUT2D eigenvalue weighted by molar-refractivity contribution is 6.30. The lowest BCUT2D eigenvalue weighted by molar-refractivity contribution is -0.274. The lowest BCUT2D eigenvalue weighted by Crippen LogP contribution is -2.49. The monoisotopic (exact) mass is 517 g/mol. The van der Waals surface area contributed by atoms with Gasteiger partial charge in [-0.05, 0) is 73.0 Å². The zero-order valence-corrected chi connectivity index (χ0v) is 20.1. The Morgan fingerprint density at radius 2 is 1.72 bits per heavy atom. The fourth-order valence-electron chi connectivity index (χ4n) is 3.95. The summed E-state index contributed by atoms with van der Waals surface area (Å²) in [6.07, 6.45) is -4.08.